The first-order valence-corrected chi connectivity index (χ1v) is 12.1. The minimum absolute atomic E-state index is 0.106. The van der Waals surface area contributed by atoms with Gasteiger partial charge in [0.25, 0.3) is 5.56 Å². The number of rotatable bonds is 9. The number of aromatic nitrogens is 2. The number of anilines is 2. The number of fused-ring (bicyclic) bond motifs is 1. The molecule has 0 radical (unpaired) electrons. The zero-order valence-electron chi connectivity index (χ0n) is 17.1. The number of sulfonamides is 1. The summed E-state index contributed by atoms with van der Waals surface area (Å²) in [7, 11) is -3.33. The summed E-state index contributed by atoms with van der Waals surface area (Å²) in [6, 6.07) is 13.7. The Morgan fingerprint density at radius 1 is 1.03 bits per heavy atom. The minimum Gasteiger partial charge on any atom is -0.332 e. The maximum Gasteiger partial charge on any atom is 0.262 e. The number of unbranched alkanes of at least 4 members (excludes halogenated alkanes) is 2. The Morgan fingerprint density at radius 3 is 2.42 bits per heavy atom. The molecule has 0 aliphatic carbocycles. The molecule has 0 bridgehead atoms. The van der Waals surface area contributed by atoms with Gasteiger partial charge in [-0.1, -0.05) is 18.6 Å². The largest absolute Gasteiger partial charge is 0.332 e. The highest BCUT2D eigenvalue weighted by molar-refractivity contribution is 7.92. The molecule has 31 heavy (non-hydrogen) atoms. The molecule has 2 aromatic carbocycles. The first kappa shape index (κ1) is 22.7. The molecule has 164 valence electrons. The van der Waals surface area contributed by atoms with E-state index in [1.165, 1.54) is 0 Å². The Labute approximate surface area is 185 Å². The Balaban J connectivity index is 1.45. The summed E-state index contributed by atoms with van der Waals surface area (Å²) in [6.45, 7) is 0.495. The fraction of sp³-hybridized carbons (Fsp3) is 0.286. The third-order valence-corrected chi connectivity index (χ3v) is 5.58. The van der Waals surface area contributed by atoms with E-state index in [-0.39, 0.29) is 11.5 Å². The molecule has 1 aromatic heterocycles. The fourth-order valence-corrected chi connectivity index (χ4v) is 4.04. The fourth-order valence-electron chi connectivity index (χ4n) is 3.19. The van der Waals surface area contributed by atoms with Crippen LogP contribution in [0.1, 0.15) is 25.7 Å². The van der Waals surface area contributed by atoms with Crippen LogP contribution in [0.25, 0.3) is 10.9 Å². The van der Waals surface area contributed by atoms with Gasteiger partial charge < -0.3 is 10.3 Å². The van der Waals surface area contributed by atoms with Gasteiger partial charge in [0.05, 0.1) is 17.2 Å². The first-order valence-electron chi connectivity index (χ1n) is 9.82. The predicted octanol–water partition coefficient (Wildman–Crippen LogP) is 3.63. The van der Waals surface area contributed by atoms with Crippen LogP contribution in [0.2, 0.25) is 0 Å². The van der Waals surface area contributed by atoms with E-state index in [4.69, 9.17) is 12.2 Å². The molecule has 10 heteroatoms. The van der Waals surface area contributed by atoms with E-state index in [2.05, 4.69) is 15.0 Å². The number of amides is 1. The van der Waals surface area contributed by atoms with Gasteiger partial charge in [-0.3, -0.25) is 18.9 Å². The Kier molecular flexibility index (Phi) is 7.24. The van der Waals surface area contributed by atoms with Gasteiger partial charge in [0.2, 0.25) is 15.9 Å². The zero-order chi connectivity index (χ0) is 22.4. The number of hydrogen-bond donors (Lipinski definition) is 3. The number of nitrogens with one attached hydrogen (secondary N) is 3. The van der Waals surface area contributed by atoms with E-state index < -0.39 is 10.0 Å². The van der Waals surface area contributed by atoms with Crippen LogP contribution in [0.5, 0.6) is 0 Å². The molecule has 1 amide bonds. The van der Waals surface area contributed by atoms with Gasteiger partial charge in [-0.25, -0.2) is 8.42 Å². The summed E-state index contributed by atoms with van der Waals surface area (Å²) in [6.07, 6.45) is 3.61. The average molecular weight is 461 g/mol. The topological polar surface area (TPSA) is 113 Å². The number of nitrogens with zero attached hydrogens (tertiary/aromatic N) is 1. The Morgan fingerprint density at radius 2 is 1.71 bits per heavy atom. The summed E-state index contributed by atoms with van der Waals surface area (Å²) >= 11 is 5.30. The van der Waals surface area contributed by atoms with E-state index >= 15 is 0 Å². The van der Waals surface area contributed by atoms with Crippen LogP contribution in [0.4, 0.5) is 11.4 Å². The summed E-state index contributed by atoms with van der Waals surface area (Å²) in [5, 5.41) is 3.39. The molecule has 0 unspecified atom stereocenters. The van der Waals surface area contributed by atoms with Crippen molar-refractivity contribution in [2.45, 2.75) is 32.2 Å². The van der Waals surface area contributed by atoms with Crippen LogP contribution in [-0.2, 0) is 21.4 Å². The van der Waals surface area contributed by atoms with Gasteiger partial charge in [0, 0.05) is 24.3 Å². The second-order valence-corrected chi connectivity index (χ2v) is 9.38. The van der Waals surface area contributed by atoms with E-state index in [1.807, 2.05) is 18.2 Å². The van der Waals surface area contributed by atoms with Crippen LogP contribution in [0, 0.1) is 4.77 Å². The van der Waals surface area contributed by atoms with Gasteiger partial charge >= 0.3 is 0 Å². The highest BCUT2D eigenvalue weighted by atomic mass is 32.2. The second kappa shape index (κ2) is 9.88. The zero-order valence-corrected chi connectivity index (χ0v) is 18.7. The lowest BCUT2D eigenvalue weighted by molar-refractivity contribution is -0.116. The average Bonchev–Trinajstić information content (AvgIpc) is 2.70. The van der Waals surface area contributed by atoms with E-state index in [9.17, 15) is 18.0 Å². The number of para-hydroxylation sites is 1. The molecule has 0 fully saturated rings. The van der Waals surface area contributed by atoms with E-state index in [0.29, 0.717) is 40.9 Å². The summed E-state index contributed by atoms with van der Waals surface area (Å²) in [5.74, 6) is -0.121. The molecule has 0 saturated carbocycles. The molecule has 3 rings (SSSR count). The molecule has 0 atom stereocenters. The van der Waals surface area contributed by atoms with Gasteiger partial charge in [0.1, 0.15) is 0 Å². The molecule has 0 saturated heterocycles. The van der Waals surface area contributed by atoms with Gasteiger partial charge in [-0.15, -0.1) is 0 Å². The highest BCUT2D eigenvalue weighted by Crippen LogP contribution is 2.15. The van der Waals surface area contributed by atoms with Crippen molar-refractivity contribution in [3.05, 3.63) is 63.7 Å². The van der Waals surface area contributed by atoms with Crippen molar-refractivity contribution in [2.75, 3.05) is 16.3 Å². The van der Waals surface area contributed by atoms with Crippen LogP contribution in [0.3, 0.4) is 0 Å². The normalized spacial score (nSPS) is 11.4. The van der Waals surface area contributed by atoms with Crippen molar-refractivity contribution in [1.29, 1.82) is 0 Å². The van der Waals surface area contributed by atoms with Crippen molar-refractivity contribution < 1.29 is 13.2 Å². The molecule has 1 heterocycles. The number of carbonyl (C=O) groups excluding carboxylic acids is 1. The highest BCUT2D eigenvalue weighted by Gasteiger charge is 2.07. The Bertz CT molecular complexity index is 1300. The van der Waals surface area contributed by atoms with Crippen molar-refractivity contribution in [2.24, 2.45) is 0 Å². The second-order valence-electron chi connectivity index (χ2n) is 7.24. The number of carbonyl (C=O) groups is 1. The summed E-state index contributed by atoms with van der Waals surface area (Å²) < 4.78 is 26.8. The first-order chi connectivity index (χ1) is 14.7. The molecule has 3 aromatic rings. The molecule has 8 nitrogen and oxygen atoms in total. The third-order valence-electron chi connectivity index (χ3n) is 4.65. The quantitative estimate of drug-likeness (QED) is 0.333. The lowest BCUT2D eigenvalue weighted by Gasteiger charge is -2.09. The van der Waals surface area contributed by atoms with Gasteiger partial charge in [0.15, 0.2) is 4.77 Å². The van der Waals surface area contributed by atoms with Crippen molar-refractivity contribution in [1.82, 2.24) is 9.55 Å². The standard InChI is InChI=1S/C21H24N4O4S2/c1-31(28,29)24-16-12-10-15(11-13-16)22-19(26)9-3-2-6-14-25-20(27)17-7-4-5-8-18(17)23-21(25)30/h4-5,7-8,10-13,24H,2-3,6,9,14H2,1H3,(H,22,26)(H,23,30). The molecule has 0 aliphatic heterocycles. The predicted molar refractivity (Wildman–Crippen MR) is 125 cm³/mol. The molecule has 0 aliphatic rings. The van der Waals surface area contributed by atoms with E-state index in [0.717, 1.165) is 24.6 Å². The van der Waals surface area contributed by atoms with E-state index in [1.54, 1.807) is 34.9 Å². The lowest BCUT2D eigenvalue weighted by Crippen LogP contribution is -2.22. The molecule has 0 spiro atoms. The van der Waals surface area contributed by atoms with Gasteiger partial charge in [-0.2, -0.15) is 0 Å². The van der Waals surface area contributed by atoms with Crippen molar-refractivity contribution >= 4 is 50.4 Å². The third kappa shape index (κ3) is 6.50. The monoisotopic (exact) mass is 460 g/mol. The van der Waals surface area contributed by atoms with Crippen molar-refractivity contribution in [3.63, 3.8) is 0 Å². The summed E-state index contributed by atoms with van der Waals surface area (Å²) in [4.78, 5) is 27.8. The number of benzene rings is 2. The molecule has 3 N–H and O–H groups in total. The molecular formula is C21H24N4O4S2. The van der Waals surface area contributed by atoms with Crippen LogP contribution < -0.4 is 15.6 Å². The minimum atomic E-state index is -3.33. The van der Waals surface area contributed by atoms with Crippen molar-refractivity contribution in [3.8, 4) is 0 Å². The molecular weight excluding hydrogens is 436 g/mol. The number of aromatic amines is 1. The van der Waals surface area contributed by atoms with Crippen LogP contribution in [0.15, 0.2) is 53.3 Å². The Hall–Kier alpha value is -2.98. The lowest BCUT2D eigenvalue weighted by atomic mass is 10.1. The van der Waals surface area contributed by atoms with Gasteiger partial charge in [-0.05, 0) is 61.5 Å². The van der Waals surface area contributed by atoms with Crippen LogP contribution in [-0.4, -0.2) is 30.1 Å². The smallest absolute Gasteiger partial charge is 0.262 e. The number of hydrogen-bond acceptors (Lipinski definition) is 5. The number of H-pyrrole nitrogens is 1. The maximum absolute atomic E-state index is 12.6. The van der Waals surface area contributed by atoms with Crippen LogP contribution >= 0.6 is 12.2 Å². The summed E-state index contributed by atoms with van der Waals surface area (Å²) in [5.41, 5.74) is 1.65. The maximum atomic E-state index is 12.6. The SMILES string of the molecule is CS(=O)(=O)Nc1ccc(NC(=O)CCCCCn2c(=S)[nH]c3ccccc3c2=O)cc1.